The molecule has 0 fully saturated rings. The lowest BCUT2D eigenvalue weighted by Crippen LogP contribution is -2.31. The summed E-state index contributed by atoms with van der Waals surface area (Å²) in [7, 11) is 0. The van der Waals surface area contributed by atoms with Crippen molar-refractivity contribution in [3.8, 4) is 22.8 Å². The van der Waals surface area contributed by atoms with Gasteiger partial charge in [-0.3, -0.25) is 9.89 Å². The summed E-state index contributed by atoms with van der Waals surface area (Å²) in [6, 6.07) is 24.9. The molecule has 178 valence electrons. The van der Waals surface area contributed by atoms with Crippen molar-refractivity contribution in [3.05, 3.63) is 101 Å². The van der Waals surface area contributed by atoms with Crippen LogP contribution in [0.4, 0.5) is 0 Å². The highest BCUT2D eigenvalue weighted by Crippen LogP contribution is 2.44. The van der Waals surface area contributed by atoms with Crippen LogP contribution in [0, 0.1) is 0 Å². The molecule has 3 aromatic carbocycles. The zero-order chi connectivity index (χ0) is 24.2. The molecule has 1 aliphatic rings. The number of carbonyl (C=O) groups excluding carboxylic acids is 1. The van der Waals surface area contributed by atoms with E-state index in [1.807, 2.05) is 59.5 Å². The second-order valence-corrected chi connectivity index (χ2v) is 8.79. The van der Waals surface area contributed by atoms with E-state index in [-0.39, 0.29) is 17.7 Å². The third kappa shape index (κ3) is 4.52. The Hall–Kier alpha value is -4.06. The van der Waals surface area contributed by atoms with Crippen LogP contribution in [0.2, 0.25) is 0 Å². The number of fused-ring (bicyclic) bond motifs is 1. The van der Waals surface area contributed by atoms with Crippen LogP contribution in [0.15, 0.2) is 78.9 Å². The van der Waals surface area contributed by atoms with Gasteiger partial charge in [0.05, 0.1) is 12.6 Å². The lowest BCUT2D eigenvalue weighted by atomic mass is 9.95. The number of amides is 1. The standard InChI is InChI=1S/C29H29N3O3/c1-2-3-18-35-22-13-9-12-21(19-22)28-25-26(23-14-7-8-15-24(23)33)30-31-27(25)29(34)32(28)17-16-20-10-5-4-6-11-20/h4-15,19,28,33H,2-3,16-18H2,1H3,(H,30,31)/t28-/m0/s1. The first-order valence-electron chi connectivity index (χ1n) is 12.1. The Kier molecular flexibility index (Phi) is 6.53. The Morgan fingerprint density at radius 1 is 1.03 bits per heavy atom. The van der Waals surface area contributed by atoms with Gasteiger partial charge in [0.15, 0.2) is 0 Å². The molecule has 1 aliphatic heterocycles. The maximum Gasteiger partial charge on any atom is 0.273 e. The first-order valence-corrected chi connectivity index (χ1v) is 12.1. The first kappa shape index (κ1) is 22.7. The van der Waals surface area contributed by atoms with Gasteiger partial charge in [-0.25, -0.2) is 0 Å². The van der Waals surface area contributed by atoms with E-state index in [1.165, 1.54) is 5.56 Å². The molecule has 0 saturated heterocycles. The molecule has 5 rings (SSSR count). The van der Waals surface area contributed by atoms with Crippen LogP contribution in [0.5, 0.6) is 11.5 Å². The third-order valence-corrected chi connectivity index (χ3v) is 6.45. The van der Waals surface area contributed by atoms with E-state index >= 15 is 0 Å². The number of hydrogen-bond acceptors (Lipinski definition) is 4. The maximum atomic E-state index is 13.6. The minimum absolute atomic E-state index is 0.0904. The molecule has 1 aromatic heterocycles. The van der Waals surface area contributed by atoms with E-state index < -0.39 is 0 Å². The van der Waals surface area contributed by atoms with Gasteiger partial charge in [-0.05, 0) is 48.2 Å². The number of para-hydroxylation sites is 1. The van der Waals surface area contributed by atoms with Gasteiger partial charge in [-0.15, -0.1) is 0 Å². The fourth-order valence-electron chi connectivity index (χ4n) is 4.66. The lowest BCUT2D eigenvalue weighted by Gasteiger charge is -2.27. The van der Waals surface area contributed by atoms with Gasteiger partial charge < -0.3 is 14.7 Å². The Morgan fingerprint density at radius 3 is 2.63 bits per heavy atom. The molecule has 6 heteroatoms. The summed E-state index contributed by atoms with van der Waals surface area (Å²) in [6.07, 6.45) is 2.78. The number of rotatable bonds is 9. The van der Waals surface area contributed by atoms with Gasteiger partial charge in [-0.2, -0.15) is 5.10 Å². The van der Waals surface area contributed by atoms with Crippen molar-refractivity contribution >= 4 is 5.91 Å². The molecule has 1 atom stereocenters. The molecule has 0 unspecified atom stereocenters. The molecular formula is C29H29N3O3. The van der Waals surface area contributed by atoms with Crippen molar-refractivity contribution < 1.29 is 14.6 Å². The van der Waals surface area contributed by atoms with Crippen LogP contribution >= 0.6 is 0 Å². The molecule has 0 radical (unpaired) electrons. The van der Waals surface area contributed by atoms with Crippen LogP contribution in [0.3, 0.4) is 0 Å². The van der Waals surface area contributed by atoms with Crippen molar-refractivity contribution in [2.24, 2.45) is 0 Å². The number of phenols is 1. The lowest BCUT2D eigenvalue weighted by molar-refractivity contribution is 0.0745. The molecule has 35 heavy (non-hydrogen) atoms. The number of hydrogen-bond donors (Lipinski definition) is 2. The highest BCUT2D eigenvalue weighted by Gasteiger charge is 2.42. The summed E-state index contributed by atoms with van der Waals surface area (Å²) in [5, 5.41) is 18.0. The summed E-state index contributed by atoms with van der Waals surface area (Å²) in [4.78, 5) is 15.5. The maximum absolute atomic E-state index is 13.6. The highest BCUT2D eigenvalue weighted by atomic mass is 16.5. The number of carbonyl (C=O) groups is 1. The van der Waals surface area contributed by atoms with Crippen molar-refractivity contribution in [2.45, 2.75) is 32.2 Å². The number of aromatic hydroxyl groups is 1. The van der Waals surface area contributed by atoms with Crippen molar-refractivity contribution in [3.63, 3.8) is 0 Å². The molecule has 0 spiro atoms. The zero-order valence-corrected chi connectivity index (χ0v) is 19.8. The average molecular weight is 468 g/mol. The fourth-order valence-corrected chi connectivity index (χ4v) is 4.66. The van der Waals surface area contributed by atoms with Crippen molar-refractivity contribution in [1.29, 1.82) is 0 Å². The third-order valence-electron chi connectivity index (χ3n) is 6.45. The van der Waals surface area contributed by atoms with Gasteiger partial charge >= 0.3 is 0 Å². The van der Waals surface area contributed by atoms with E-state index in [4.69, 9.17) is 4.74 Å². The minimum Gasteiger partial charge on any atom is -0.507 e. The number of aromatic amines is 1. The second kappa shape index (κ2) is 10.1. The quantitative estimate of drug-likeness (QED) is 0.307. The number of nitrogens with zero attached hydrogens (tertiary/aromatic N) is 2. The molecule has 0 saturated carbocycles. The summed E-state index contributed by atoms with van der Waals surface area (Å²) >= 11 is 0. The molecule has 0 aliphatic carbocycles. The number of phenolic OH excluding ortho intramolecular Hbond substituents is 1. The van der Waals surface area contributed by atoms with Gasteiger partial charge in [0.1, 0.15) is 22.9 Å². The van der Waals surface area contributed by atoms with Crippen LogP contribution in [0.25, 0.3) is 11.3 Å². The number of ether oxygens (including phenoxy) is 1. The van der Waals surface area contributed by atoms with Gasteiger partial charge in [0.2, 0.25) is 0 Å². The zero-order valence-electron chi connectivity index (χ0n) is 19.8. The first-order chi connectivity index (χ1) is 17.2. The SMILES string of the molecule is CCCCOc1cccc([C@H]2c3c(-c4ccccc4O)n[nH]c3C(=O)N2CCc2ccccc2)c1. The topological polar surface area (TPSA) is 78.5 Å². The van der Waals surface area contributed by atoms with E-state index in [2.05, 4.69) is 29.3 Å². The Morgan fingerprint density at radius 2 is 1.83 bits per heavy atom. The second-order valence-electron chi connectivity index (χ2n) is 8.79. The summed E-state index contributed by atoms with van der Waals surface area (Å²) in [6.45, 7) is 3.34. The minimum atomic E-state index is -0.343. The van der Waals surface area contributed by atoms with Crippen LogP contribution < -0.4 is 4.74 Å². The van der Waals surface area contributed by atoms with E-state index in [0.717, 1.165) is 36.1 Å². The highest BCUT2D eigenvalue weighted by molar-refractivity contribution is 6.00. The number of unbranched alkanes of at least 4 members (excludes halogenated alkanes) is 1. The molecule has 1 amide bonds. The largest absolute Gasteiger partial charge is 0.507 e. The van der Waals surface area contributed by atoms with Gasteiger partial charge in [-0.1, -0.05) is 67.9 Å². The fraction of sp³-hybridized carbons (Fsp3) is 0.241. The predicted octanol–water partition coefficient (Wildman–Crippen LogP) is 5.75. The summed E-state index contributed by atoms with van der Waals surface area (Å²) < 4.78 is 5.97. The number of nitrogens with one attached hydrogen (secondary N) is 1. The van der Waals surface area contributed by atoms with Crippen LogP contribution in [0.1, 0.15) is 53.0 Å². The Bertz CT molecular complexity index is 1320. The monoisotopic (exact) mass is 467 g/mol. The molecule has 6 nitrogen and oxygen atoms in total. The van der Waals surface area contributed by atoms with E-state index in [1.54, 1.807) is 12.1 Å². The van der Waals surface area contributed by atoms with Crippen molar-refractivity contribution in [1.82, 2.24) is 15.1 Å². The molecule has 2 heterocycles. The van der Waals surface area contributed by atoms with Crippen molar-refractivity contribution in [2.75, 3.05) is 13.2 Å². The van der Waals surface area contributed by atoms with E-state index in [0.29, 0.717) is 30.1 Å². The van der Waals surface area contributed by atoms with Gasteiger partial charge in [0.25, 0.3) is 5.91 Å². The van der Waals surface area contributed by atoms with Crippen LogP contribution in [-0.2, 0) is 6.42 Å². The molecule has 4 aromatic rings. The summed E-state index contributed by atoms with van der Waals surface area (Å²) in [5.41, 5.74) is 4.58. The Balaban J connectivity index is 1.56. The number of aromatic nitrogens is 2. The van der Waals surface area contributed by atoms with Crippen LogP contribution in [-0.4, -0.2) is 39.3 Å². The molecular weight excluding hydrogens is 438 g/mol. The molecule has 2 N–H and O–H groups in total. The summed E-state index contributed by atoms with van der Waals surface area (Å²) in [5.74, 6) is 0.826. The predicted molar refractivity (Wildman–Crippen MR) is 136 cm³/mol. The number of H-pyrrole nitrogens is 1. The molecule has 0 bridgehead atoms. The number of benzene rings is 3. The average Bonchev–Trinajstić information content (AvgIpc) is 3.43. The normalized spacial score (nSPS) is 14.8. The van der Waals surface area contributed by atoms with Gasteiger partial charge in [0, 0.05) is 17.7 Å². The Labute approximate surface area is 205 Å². The van der Waals surface area contributed by atoms with E-state index in [9.17, 15) is 9.90 Å². The smallest absolute Gasteiger partial charge is 0.273 e.